The molecular formula is C21H36N8O2. The number of ether oxygens (including phenoxy) is 2. The minimum Gasteiger partial charge on any atom is -0.476 e. The van der Waals surface area contributed by atoms with Gasteiger partial charge in [0.25, 0.3) is 0 Å². The number of nitrogens with zero attached hydrogens (tertiary/aromatic N) is 3. The number of hydrogen-bond acceptors (Lipinski definition) is 9. The van der Waals surface area contributed by atoms with Crippen molar-refractivity contribution in [1.82, 2.24) is 25.8 Å². The van der Waals surface area contributed by atoms with Gasteiger partial charge in [-0.15, -0.1) is 0 Å². The van der Waals surface area contributed by atoms with Crippen LogP contribution in [-0.4, -0.2) is 75.1 Å². The van der Waals surface area contributed by atoms with Crippen LogP contribution in [0.2, 0.25) is 0 Å². The number of unbranched alkanes of at least 4 members (excludes halogenated alkanes) is 1. The average molecular weight is 433 g/mol. The van der Waals surface area contributed by atoms with Crippen LogP contribution in [0.4, 0.5) is 0 Å². The van der Waals surface area contributed by atoms with Crippen LogP contribution in [0, 0.1) is 5.41 Å². The van der Waals surface area contributed by atoms with Crippen molar-refractivity contribution < 1.29 is 9.47 Å². The van der Waals surface area contributed by atoms with Crippen molar-refractivity contribution in [3.05, 3.63) is 35.4 Å². The van der Waals surface area contributed by atoms with E-state index in [1.165, 1.54) is 0 Å². The Kier molecular flexibility index (Phi) is 11.4. The predicted molar refractivity (Wildman–Crippen MR) is 123 cm³/mol. The van der Waals surface area contributed by atoms with Crippen LogP contribution in [-0.2, 0) is 11.3 Å². The summed E-state index contributed by atoms with van der Waals surface area (Å²) in [5, 5.41) is 17.5. The lowest BCUT2D eigenvalue weighted by Gasteiger charge is -2.26. The molecule has 0 unspecified atom stereocenters. The Morgan fingerprint density at radius 2 is 2.16 bits per heavy atom. The maximum Gasteiger partial charge on any atom is 0.213 e. The molecule has 172 valence electrons. The van der Waals surface area contributed by atoms with Gasteiger partial charge in [-0.25, -0.2) is 9.98 Å². The van der Waals surface area contributed by atoms with Gasteiger partial charge in [-0.2, -0.15) is 0 Å². The highest BCUT2D eigenvalue weighted by molar-refractivity contribution is 5.98. The summed E-state index contributed by atoms with van der Waals surface area (Å²) < 4.78 is 11.1. The highest BCUT2D eigenvalue weighted by Crippen LogP contribution is 2.08. The summed E-state index contributed by atoms with van der Waals surface area (Å²) in [6.07, 6.45) is 3.99. The normalized spacial score (nSPS) is 15.1. The first kappa shape index (κ1) is 24.6. The second kappa shape index (κ2) is 14.3. The SMILES string of the molecule is C=NC(=N)/C(N)=C(\NCNCCCC)NCc1ccc(OCCN2CCOCC2)nc1. The number of rotatable bonds is 14. The molecule has 1 aliphatic heterocycles. The van der Waals surface area contributed by atoms with Gasteiger partial charge in [0.05, 0.1) is 19.9 Å². The summed E-state index contributed by atoms with van der Waals surface area (Å²) in [7, 11) is 0. The molecule has 2 rings (SSSR count). The summed E-state index contributed by atoms with van der Waals surface area (Å²) in [5.74, 6) is 1.06. The third-order valence-corrected chi connectivity index (χ3v) is 4.81. The van der Waals surface area contributed by atoms with Crippen molar-refractivity contribution in [1.29, 1.82) is 5.41 Å². The molecule has 10 nitrogen and oxygen atoms in total. The second-order valence-electron chi connectivity index (χ2n) is 7.16. The van der Waals surface area contributed by atoms with Gasteiger partial charge in [-0.05, 0) is 25.2 Å². The molecule has 0 atom stereocenters. The predicted octanol–water partition coefficient (Wildman–Crippen LogP) is 0.625. The summed E-state index contributed by atoms with van der Waals surface area (Å²) in [6.45, 7) is 12.4. The van der Waals surface area contributed by atoms with E-state index in [-0.39, 0.29) is 11.5 Å². The van der Waals surface area contributed by atoms with E-state index in [9.17, 15) is 0 Å². The van der Waals surface area contributed by atoms with Crippen molar-refractivity contribution >= 4 is 12.6 Å². The molecule has 2 heterocycles. The topological polar surface area (TPSA) is 133 Å². The fourth-order valence-electron chi connectivity index (χ4n) is 2.89. The summed E-state index contributed by atoms with van der Waals surface area (Å²) in [5.41, 5.74) is 7.21. The third kappa shape index (κ3) is 9.33. The number of amidine groups is 1. The van der Waals surface area contributed by atoms with Crippen LogP contribution < -0.4 is 26.4 Å². The fraction of sp³-hybridized carbons (Fsp3) is 0.571. The first-order valence-corrected chi connectivity index (χ1v) is 10.8. The summed E-state index contributed by atoms with van der Waals surface area (Å²) in [6, 6.07) is 3.81. The van der Waals surface area contributed by atoms with E-state index in [0.29, 0.717) is 31.5 Å². The molecular weight excluding hydrogens is 396 g/mol. The second-order valence-corrected chi connectivity index (χ2v) is 7.16. The molecule has 1 aromatic heterocycles. The largest absolute Gasteiger partial charge is 0.476 e. The summed E-state index contributed by atoms with van der Waals surface area (Å²) in [4.78, 5) is 10.3. The molecule has 0 aromatic carbocycles. The van der Waals surface area contributed by atoms with E-state index in [1.807, 2.05) is 12.1 Å². The van der Waals surface area contributed by atoms with Crippen molar-refractivity contribution in [2.45, 2.75) is 26.3 Å². The first-order valence-electron chi connectivity index (χ1n) is 10.8. The van der Waals surface area contributed by atoms with E-state index < -0.39 is 0 Å². The molecule has 0 saturated carbocycles. The minimum absolute atomic E-state index is 0.0781. The van der Waals surface area contributed by atoms with E-state index in [1.54, 1.807) is 6.20 Å². The Bertz CT molecular complexity index is 702. The van der Waals surface area contributed by atoms with Gasteiger partial charge in [-0.3, -0.25) is 10.3 Å². The van der Waals surface area contributed by atoms with Crippen molar-refractivity contribution in [3.63, 3.8) is 0 Å². The van der Waals surface area contributed by atoms with Crippen LogP contribution in [0.15, 0.2) is 34.8 Å². The Hall–Kier alpha value is -2.69. The van der Waals surface area contributed by atoms with Gasteiger partial charge >= 0.3 is 0 Å². The number of aromatic nitrogens is 1. The third-order valence-electron chi connectivity index (χ3n) is 4.81. The maximum absolute atomic E-state index is 7.82. The van der Waals surface area contributed by atoms with Gasteiger partial charge in [0.2, 0.25) is 5.88 Å². The molecule has 1 saturated heterocycles. The Labute approximate surface area is 184 Å². The van der Waals surface area contributed by atoms with Crippen LogP contribution in [0.25, 0.3) is 0 Å². The number of nitrogens with two attached hydrogens (primary N) is 1. The van der Waals surface area contributed by atoms with Crippen LogP contribution in [0.5, 0.6) is 5.88 Å². The summed E-state index contributed by atoms with van der Waals surface area (Å²) >= 11 is 0. The fourth-order valence-corrected chi connectivity index (χ4v) is 2.89. The number of morpholine rings is 1. The van der Waals surface area contributed by atoms with Crippen LogP contribution in [0.3, 0.4) is 0 Å². The molecule has 31 heavy (non-hydrogen) atoms. The highest BCUT2D eigenvalue weighted by Gasteiger charge is 2.10. The van der Waals surface area contributed by atoms with Crippen molar-refractivity contribution in [3.8, 4) is 5.88 Å². The molecule has 0 spiro atoms. The molecule has 10 heteroatoms. The molecule has 1 aliphatic rings. The van der Waals surface area contributed by atoms with Gasteiger partial charge in [0, 0.05) is 38.4 Å². The van der Waals surface area contributed by atoms with E-state index in [0.717, 1.165) is 57.8 Å². The highest BCUT2D eigenvalue weighted by atomic mass is 16.5. The van der Waals surface area contributed by atoms with E-state index in [2.05, 4.69) is 44.5 Å². The maximum atomic E-state index is 7.82. The minimum atomic E-state index is -0.0781. The Balaban J connectivity index is 1.81. The average Bonchev–Trinajstić information content (AvgIpc) is 2.81. The van der Waals surface area contributed by atoms with E-state index >= 15 is 0 Å². The van der Waals surface area contributed by atoms with Gasteiger partial charge < -0.3 is 31.2 Å². The lowest BCUT2D eigenvalue weighted by molar-refractivity contribution is 0.0320. The van der Waals surface area contributed by atoms with Crippen molar-refractivity contribution in [2.75, 3.05) is 52.7 Å². The first-order chi connectivity index (χ1) is 15.1. The Morgan fingerprint density at radius 1 is 1.35 bits per heavy atom. The standard InChI is InChI=1S/C21H36N8O2/c1-3-4-7-25-16-28-21(19(22)20(23)24-2)27-15-17-5-6-18(26-14-17)31-13-10-29-8-11-30-12-9-29/h5-6,14,23,25,27-28H,2-4,7-13,15-16,22H2,1H3/b21-19+,23-20?. The Morgan fingerprint density at radius 3 is 2.84 bits per heavy atom. The zero-order valence-electron chi connectivity index (χ0n) is 18.5. The van der Waals surface area contributed by atoms with E-state index in [4.69, 9.17) is 20.6 Å². The number of pyridine rings is 1. The lowest BCUT2D eigenvalue weighted by atomic mass is 10.3. The molecule has 0 radical (unpaired) electrons. The monoisotopic (exact) mass is 432 g/mol. The van der Waals surface area contributed by atoms with Gasteiger partial charge in [0.1, 0.15) is 18.1 Å². The number of nitrogens with one attached hydrogen (secondary N) is 4. The van der Waals surface area contributed by atoms with Crippen LogP contribution in [0.1, 0.15) is 25.3 Å². The lowest BCUT2D eigenvalue weighted by Crippen LogP contribution is -2.38. The van der Waals surface area contributed by atoms with Gasteiger partial charge in [-0.1, -0.05) is 19.4 Å². The van der Waals surface area contributed by atoms with Crippen LogP contribution >= 0.6 is 0 Å². The number of aliphatic imine (C=N–C) groups is 1. The smallest absolute Gasteiger partial charge is 0.213 e. The molecule has 0 bridgehead atoms. The van der Waals surface area contributed by atoms with Crippen molar-refractivity contribution in [2.24, 2.45) is 10.7 Å². The molecule has 0 amide bonds. The van der Waals surface area contributed by atoms with Gasteiger partial charge in [0.15, 0.2) is 5.84 Å². The zero-order chi connectivity index (χ0) is 22.3. The zero-order valence-corrected chi connectivity index (χ0v) is 18.5. The molecule has 6 N–H and O–H groups in total. The molecule has 1 fully saturated rings. The quantitative estimate of drug-likeness (QED) is 0.125. The molecule has 0 aliphatic carbocycles. The molecule has 1 aromatic rings. The number of hydrogen-bond donors (Lipinski definition) is 5.